The monoisotopic (exact) mass is 281 g/mol. The van der Waals surface area contributed by atoms with Gasteiger partial charge in [0, 0.05) is 6.04 Å². The quantitative estimate of drug-likeness (QED) is 0.781. The molecule has 0 saturated heterocycles. The van der Waals surface area contributed by atoms with Crippen molar-refractivity contribution in [3.63, 3.8) is 0 Å². The number of hydrogen-bond donors (Lipinski definition) is 1. The molecule has 3 nitrogen and oxygen atoms in total. The van der Waals surface area contributed by atoms with Crippen molar-refractivity contribution in [2.45, 2.75) is 45.7 Å². The molecule has 2 unspecified atom stereocenters. The topological polar surface area (TPSA) is 38.3 Å². The first-order valence-electron chi connectivity index (χ1n) is 7.01. The Labute approximate surface area is 120 Å². The van der Waals surface area contributed by atoms with Crippen molar-refractivity contribution < 1.29 is 13.9 Å². The van der Waals surface area contributed by atoms with Gasteiger partial charge in [-0.25, -0.2) is 4.39 Å². The van der Waals surface area contributed by atoms with Crippen molar-refractivity contribution in [1.29, 1.82) is 0 Å². The minimum Gasteiger partial charge on any atom is -0.468 e. The van der Waals surface area contributed by atoms with Gasteiger partial charge in [-0.3, -0.25) is 4.79 Å². The van der Waals surface area contributed by atoms with Crippen molar-refractivity contribution in [2.75, 3.05) is 7.11 Å². The van der Waals surface area contributed by atoms with Gasteiger partial charge in [0.1, 0.15) is 11.9 Å². The van der Waals surface area contributed by atoms with Crippen LogP contribution in [-0.2, 0) is 16.0 Å². The molecular weight excluding hydrogens is 257 g/mol. The average Bonchev–Trinajstić information content (AvgIpc) is 2.39. The molecule has 112 valence electrons. The highest BCUT2D eigenvalue weighted by Gasteiger charge is 2.22. The molecule has 0 aliphatic heterocycles. The summed E-state index contributed by atoms with van der Waals surface area (Å²) in [7, 11) is 1.39. The predicted octanol–water partition coefficient (Wildman–Crippen LogP) is 2.93. The lowest BCUT2D eigenvalue weighted by molar-refractivity contribution is -0.143. The van der Waals surface area contributed by atoms with Gasteiger partial charge in [-0.15, -0.1) is 0 Å². The molecule has 2 atom stereocenters. The number of carbonyl (C=O) groups is 1. The summed E-state index contributed by atoms with van der Waals surface area (Å²) in [6, 6.07) is 6.36. The van der Waals surface area contributed by atoms with E-state index >= 15 is 0 Å². The summed E-state index contributed by atoms with van der Waals surface area (Å²) >= 11 is 0. The molecule has 1 N–H and O–H groups in total. The molecule has 4 heteroatoms. The molecule has 0 aliphatic carbocycles. The molecule has 0 spiro atoms. The van der Waals surface area contributed by atoms with Crippen molar-refractivity contribution >= 4 is 5.97 Å². The highest BCUT2D eigenvalue weighted by Crippen LogP contribution is 2.12. The van der Waals surface area contributed by atoms with Gasteiger partial charge in [-0.05, 0) is 37.3 Å². The summed E-state index contributed by atoms with van der Waals surface area (Å²) in [5, 5.41) is 3.23. The molecule has 0 aromatic heterocycles. The SMILES string of the molecule is COC(=O)C(CC(C)C)NC(C)Cc1ccccc1F. The predicted molar refractivity (Wildman–Crippen MR) is 78.0 cm³/mol. The van der Waals surface area contributed by atoms with Crippen LogP contribution in [-0.4, -0.2) is 25.2 Å². The van der Waals surface area contributed by atoms with Crippen LogP contribution in [0.5, 0.6) is 0 Å². The Kier molecular flexibility index (Phi) is 6.65. The van der Waals surface area contributed by atoms with E-state index in [1.54, 1.807) is 12.1 Å². The zero-order valence-electron chi connectivity index (χ0n) is 12.7. The lowest BCUT2D eigenvalue weighted by Gasteiger charge is -2.23. The number of esters is 1. The minimum atomic E-state index is -0.346. The van der Waals surface area contributed by atoms with Crippen molar-refractivity contribution in [3.8, 4) is 0 Å². The summed E-state index contributed by atoms with van der Waals surface area (Å²) < 4.78 is 18.4. The van der Waals surface area contributed by atoms with Gasteiger partial charge in [0.15, 0.2) is 0 Å². The van der Waals surface area contributed by atoms with Crippen molar-refractivity contribution in [3.05, 3.63) is 35.6 Å². The third-order valence-corrected chi connectivity index (χ3v) is 3.16. The maximum atomic E-state index is 13.6. The molecule has 1 rings (SSSR count). The lowest BCUT2D eigenvalue weighted by atomic mass is 10.0. The van der Waals surface area contributed by atoms with E-state index in [9.17, 15) is 9.18 Å². The normalized spacial score (nSPS) is 14.1. The van der Waals surface area contributed by atoms with Crippen LogP contribution in [0.2, 0.25) is 0 Å². The van der Waals surface area contributed by atoms with Crippen LogP contribution in [0, 0.1) is 11.7 Å². The van der Waals surface area contributed by atoms with E-state index in [0.717, 1.165) is 0 Å². The lowest BCUT2D eigenvalue weighted by Crippen LogP contribution is -2.44. The second-order valence-electron chi connectivity index (χ2n) is 5.57. The highest BCUT2D eigenvalue weighted by atomic mass is 19.1. The molecular formula is C16H24FNO2. The van der Waals surface area contributed by atoms with E-state index in [0.29, 0.717) is 24.3 Å². The smallest absolute Gasteiger partial charge is 0.322 e. The van der Waals surface area contributed by atoms with Crippen LogP contribution in [0.3, 0.4) is 0 Å². The zero-order chi connectivity index (χ0) is 15.1. The highest BCUT2D eigenvalue weighted by molar-refractivity contribution is 5.75. The summed E-state index contributed by atoms with van der Waals surface area (Å²) in [6.45, 7) is 6.06. The third kappa shape index (κ3) is 5.29. The molecule has 0 saturated carbocycles. The number of halogens is 1. The second-order valence-corrected chi connectivity index (χ2v) is 5.57. The number of benzene rings is 1. The van der Waals surface area contributed by atoms with Gasteiger partial charge in [0.05, 0.1) is 7.11 Å². The van der Waals surface area contributed by atoms with Crippen LogP contribution >= 0.6 is 0 Å². The van der Waals surface area contributed by atoms with Gasteiger partial charge in [0.2, 0.25) is 0 Å². The van der Waals surface area contributed by atoms with Gasteiger partial charge in [0.25, 0.3) is 0 Å². The van der Waals surface area contributed by atoms with E-state index in [1.165, 1.54) is 13.2 Å². The van der Waals surface area contributed by atoms with Gasteiger partial charge in [-0.1, -0.05) is 32.0 Å². The maximum absolute atomic E-state index is 13.6. The molecule has 1 aromatic rings. The Balaban J connectivity index is 2.64. The Hall–Kier alpha value is -1.42. The van der Waals surface area contributed by atoms with E-state index in [2.05, 4.69) is 19.2 Å². The van der Waals surface area contributed by atoms with Gasteiger partial charge in [-0.2, -0.15) is 0 Å². The Morgan fingerprint density at radius 2 is 1.95 bits per heavy atom. The molecule has 0 amide bonds. The fourth-order valence-corrected chi connectivity index (χ4v) is 2.24. The summed E-state index contributed by atoms with van der Waals surface area (Å²) in [5.41, 5.74) is 0.653. The number of nitrogens with one attached hydrogen (secondary N) is 1. The second kappa shape index (κ2) is 8.00. The largest absolute Gasteiger partial charge is 0.468 e. The van der Waals surface area contributed by atoms with E-state index in [1.807, 2.05) is 13.0 Å². The van der Waals surface area contributed by atoms with Crippen molar-refractivity contribution in [1.82, 2.24) is 5.32 Å². The van der Waals surface area contributed by atoms with E-state index in [-0.39, 0.29) is 23.9 Å². The zero-order valence-corrected chi connectivity index (χ0v) is 12.7. The van der Waals surface area contributed by atoms with Crippen LogP contribution in [0.25, 0.3) is 0 Å². The van der Waals surface area contributed by atoms with Crippen molar-refractivity contribution in [2.24, 2.45) is 5.92 Å². The van der Waals surface area contributed by atoms with Crippen LogP contribution < -0.4 is 5.32 Å². The van der Waals surface area contributed by atoms with Gasteiger partial charge < -0.3 is 10.1 Å². The van der Waals surface area contributed by atoms with Crippen LogP contribution in [0.1, 0.15) is 32.8 Å². The van der Waals surface area contributed by atoms with Gasteiger partial charge >= 0.3 is 5.97 Å². The maximum Gasteiger partial charge on any atom is 0.322 e. The first kappa shape index (κ1) is 16.6. The fourth-order valence-electron chi connectivity index (χ4n) is 2.24. The first-order chi connectivity index (χ1) is 9.43. The van der Waals surface area contributed by atoms with Crippen LogP contribution in [0.4, 0.5) is 4.39 Å². The number of ether oxygens (including phenoxy) is 1. The van der Waals surface area contributed by atoms with Crippen LogP contribution in [0.15, 0.2) is 24.3 Å². The fraction of sp³-hybridized carbons (Fsp3) is 0.562. The van der Waals surface area contributed by atoms with E-state index < -0.39 is 0 Å². The molecule has 0 aliphatic rings. The third-order valence-electron chi connectivity index (χ3n) is 3.16. The molecule has 20 heavy (non-hydrogen) atoms. The summed E-state index contributed by atoms with van der Waals surface area (Å²) in [4.78, 5) is 11.7. The number of rotatable bonds is 7. The van der Waals surface area contributed by atoms with E-state index in [4.69, 9.17) is 4.74 Å². The standard InChI is InChI=1S/C16H24FNO2/c1-11(2)9-15(16(19)20-4)18-12(3)10-13-7-5-6-8-14(13)17/h5-8,11-12,15,18H,9-10H2,1-4H3. The Morgan fingerprint density at radius 1 is 1.30 bits per heavy atom. The summed E-state index contributed by atoms with van der Waals surface area (Å²) in [6.07, 6.45) is 1.24. The Morgan fingerprint density at radius 3 is 2.50 bits per heavy atom. The number of carbonyl (C=O) groups excluding carboxylic acids is 1. The molecule has 0 fully saturated rings. The Bertz CT molecular complexity index is 434. The average molecular weight is 281 g/mol. The molecule has 1 aromatic carbocycles. The molecule has 0 bridgehead atoms. The first-order valence-corrected chi connectivity index (χ1v) is 7.01. The number of methoxy groups -OCH3 is 1. The summed E-state index contributed by atoms with van der Waals surface area (Å²) in [5.74, 6) is -0.0917. The minimum absolute atomic E-state index is 0.00486. The molecule has 0 heterocycles. The number of hydrogen-bond acceptors (Lipinski definition) is 3. The molecule has 0 radical (unpaired) electrons.